The summed E-state index contributed by atoms with van der Waals surface area (Å²) < 4.78 is 11.3. The molecular formula is C20H23ClN2O4. The molecule has 0 saturated carbocycles. The van der Waals surface area contributed by atoms with E-state index in [1.54, 1.807) is 24.3 Å². The number of benzene rings is 2. The van der Waals surface area contributed by atoms with Crippen molar-refractivity contribution in [1.29, 1.82) is 0 Å². The first kappa shape index (κ1) is 20.6. The van der Waals surface area contributed by atoms with Gasteiger partial charge in [0, 0.05) is 16.8 Å². The van der Waals surface area contributed by atoms with Crippen molar-refractivity contribution in [2.24, 2.45) is 5.73 Å². The number of anilines is 1. The van der Waals surface area contributed by atoms with Crippen LogP contribution in [-0.4, -0.2) is 25.0 Å². The first-order valence-electron chi connectivity index (χ1n) is 8.76. The number of ether oxygens (including phenoxy) is 2. The summed E-state index contributed by atoms with van der Waals surface area (Å²) in [6.45, 7) is 4.83. The summed E-state index contributed by atoms with van der Waals surface area (Å²) in [7, 11) is 0. The number of halogens is 1. The minimum Gasteiger partial charge on any atom is -0.490 e. The van der Waals surface area contributed by atoms with Crippen LogP contribution in [0.2, 0.25) is 5.02 Å². The maximum atomic E-state index is 12.6. The van der Waals surface area contributed by atoms with Crippen molar-refractivity contribution in [2.75, 3.05) is 18.5 Å². The van der Waals surface area contributed by atoms with E-state index in [1.165, 1.54) is 12.1 Å². The van der Waals surface area contributed by atoms with Gasteiger partial charge in [0.2, 0.25) is 5.91 Å². The third-order valence-corrected chi connectivity index (χ3v) is 4.00. The second kappa shape index (κ2) is 9.83. The van der Waals surface area contributed by atoms with Crippen molar-refractivity contribution in [3.05, 3.63) is 52.5 Å². The van der Waals surface area contributed by atoms with Crippen molar-refractivity contribution in [2.45, 2.75) is 26.7 Å². The average Bonchev–Trinajstić information content (AvgIpc) is 2.64. The highest BCUT2D eigenvalue weighted by Gasteiger charge is 2.17. The number of carbonyl (C=O) groups excluding carboxylic acids is 2. The van der Waals surface area contributed by atoms with Crippen LogP contribution in [0.15, 0.2) is 36.4 Å². The number of nitrogens with two attached hydrogens (primary N) is 1. The fourth-order valence-electron chi connectivity index (χ4n) is 2.37. The van der Waals surface area contributed by atoms with Crippen molar-refractivity contribution in [3.8, 4) is 11.5 Å². The van der Waals surface area contributed by atoms with Gasteiger partial charge >= 0.3 is 0 Å². The SMILES string of the molecule is CCCCOc1c(Cl)cc(C(=O)Nc2cccc(C(N)=O)c2)cc1OCC. The van der Waals surface area contributed by atoms with Crippen LogP contribution < -0.4 is 20.5 Å². The largest absolute Gasteiger partial charge is 0.490 e. The lowest BCUT2D eigenvalue weighted by molar-refractivity contribution is 0.0996. The lowest BCUT2D eigenvalue weighted by atomic mass is 10.1. The lowest BCUT2D eigenvalue weighted by Crippen LogP contribution is -2.15. The Morgan fingerprint density at radius 1 is 1.11 bits per heavy atom. The quantitative estimate of drug-likeness (QED) is 0.625. The Labute approximate surface area is 163 Å². The van der Waals surface area contributed by atoms with Crippen molar-refractivity contribution >= 4 is 29.1 Å². The standard InChI is InChI=1S/C20H23ClN2O4/c1-3-5-9-27-18-16(21)11-14(12-17(18)26-4-2)20(25)23-15-8-6-7-13(10-15)19(22)24/h6-8,10-12H,3-5,9H2,1-2H3,(H2,22,24)(H,23,25). The molecular weight excluding hydrogens is 368 g/mol. The summed E-state index contributed by atoms with van der Waals surface area (Å²) in [6, 6.07) is 9.50. The van der Waals surface area contributed by atoms with Gasteiger partial charge in [0.1, 0.15) is 0 Å². The number of nitrogens with one attached hydrogen (secondary N) is 1. The number of unbranched alkanes of at least 4 members (excludes halogenated alkanes) is 1. The number of hydrogen-bond acceptors (Lipinski definition) is 4. The number of rotatable bonds is 9. The monoisotopic (exact) mass is 390 g/mol. The summed E-state index contributed by atoms with van der Waals surface area (Å²) in [6.07, 6.45) is 1.88. The third-order valence-electron chi connectivity index (χ3n) is 3.72. The molecule has 0 aliphatic heterocycles. The molecule has 0 bridgehead atoms. The predicted molar refractivity (Wildman–Crippen MR) is 106 cm³/mol. The van der Waals surface area contributed by atoms with Gasteiger partial charge in [0.25, 0.3) is 5.91 Å². The zero-order valence-corrected chi connectivity index (χ0v) is 16.1. The molecule has 6 nitrogen and oxygen atoms in total. The number of primary amides is 1. The van der Waals surface area contributed by atoms with Crippen molar-refractivity contribution < 1.29 is 19.1 Å². The molecule has 27 heavy (non-hydrogen) atoms. The molecule has 0 fully saturated rings. The minimum atomic E-state index is -0.568. The molecule has 2 amide bonds. The van der Waals surface area contributed by atoms with Crippen LogP contribution in [-0.2, 0) is 0 Å². The van der Waals surface area contributed by atoms with E-state index in [4.69, 9.17) is 26.8 Å². The van der Waals surface area contributed by atoms with E-state index in [0.717, 1.165) is 12.8 Å². The topological polar surface area (TPSA) is 90.6 Å². The molecule has 2 rings (SSSR count). The first-order valence-corrected chi connectivity index (χ1v) is 9.14. The minimum absolute atomic E-state index is 0.299. The molecule has 144 valence electrons. The Kier molecular flexibility index (Phi) is 7.49. The van der Waals surface area contributed by atoms with E-state index in [9.17, 15) is 9.59 Å². The Hall–Kier alpha value is -2.73. The molecule has 0 saturated heterocycles. The summed E-state index contributed by atoms with van der Waals surface area (Å²) in [4.78, 5) is 23.9. The number of carbonyl (C=O) groups is 2. The van der Waals surface area contributed by atoms with E-state index >= 15 is 0 Å². The van der Waals surface area contributed by atoms with Gasteiger partial charge in [0.05, 0.1) is 18.2 Å². The molecule has 0 aliphatic carbocycles. The third kappa shape index (κ3) is 5.62. The van der Waals surface area contributed by atoms with Crippen LogP contribution in [0.5, 0.6) is 11.5 Å². The average molecular weight is 391 g/mol. The van der Waals surface area contributed by atoms with Crippen LogP contribution in [0.3, 0.4) is 0 Å². The molecule has 0 spiro atoms. The Balaban J connectivity index is 2.25. The van der Waals surface area contributed by atoms with Crippen molar-refractivity contribution in [3.63, 3.8) is 0 Å². The molecule has 3 N–H and O–H groups in total. The van der Waals surface area contributed by atoms with E-state index in [1.807, 2.05) is 6.92 Å². The van der Waals surface area contributed by atoms with E-state index in [-0.39, 0.29) is 5.91 Å². The predicted octanol–water partition coefficient (Wildman–Crippen LogP) is 4.27. The normalized spacial score (nSPS) is 10.3. The fourth-order valence-corrected chi connectivity index (χ4v) is 2.64. The van der Waals surface area contributed by atoms with Gasteiger partial charge in [-0.3, -0.25) is 9.59 Å². The molecule has 0 atom stereocenters. The highest BCUT2D eigenvalue weighted by atomic mass is 35.5. The van der Waals surface area contributed by atoms with Crippen LogP contribution in [0.25, 0.3) is 0 Å². The van der Waals surface area contributed by atoms with Gasteiger partial charge in [-0.1, -0.05) is 31.0 Å². The molecule has 7 heteroatoms. The molecule has 0 radical (unpaired) electrons. The molecule has 0 unspecified atom stereocenters. The smallest absolute Gasteiger partial charge is 0.255 e. The van der Waals surface area contributed by atoms with Gasteiger partial charge in [-0.15, -0.1) is 0 Å². The zero-order chi connectivity index (χ0) is 19.8. The molecule has 0 aliphatic rings. The van der Waals surface area contributed by atoms with Gasteiger partial charge in [-0.05, 0) is 43.7 Å². The van der Waals surface area contributed by atoms with Crippen LogP contribution >= 0.6 is 11.6 Å². The van der Waals surface area contributed by atoms with Crippen LogP contribution in [0.1, 0.15) is 47.4 Å². The number of hydrogen-bond donors (Lipinski definition) is 2. The van der Waals surface area contributed by atoms with Gasteiger partial charge in [-0.2, -0.15) is 0 Å². The first-order chi connectivity index (χ1) is 13.0. The zero-order valence-electron chi connectivity index (χ0n) is 15.4. The van der Waals surface area contributed by atoms with Gasteiger partial charge in [-0.25, -0.2) is 0 Å². The summed E-state index contributed by atoms with van der Waals surface area (Å²) in [5.74, 6) is -0.114. The molecule has 2 aromatic rings. The summed E-state index contributed by atoms with van der Waals surface area (Å²) in [5, 5.41) is 3.02. The second-order valence-electron chi connectivity index (χ2n) is 5.82. The van der Waals surface area contributed by atoms with E-state index in [0.29, 0.717) is 46.5 Å². The lowest BCUT2D eigenvalue weighted by Gasteiger charge is -2.15. The Morgan fingerprint density at radius 2 is 1.89 bits per heavy atom. The van der Waals surface area contributed by atoms with Gasteiger partial charge in [0.15, 0.2) is 11.5 Å². The van der Waals surface area contributed by atoms with Crippen LogP contribution in [0.4, 0.5) is 5.69 Å². The summed E-state index contributed by atoms with van der Waals surface area (Å²) in [5.41, 5.74) is 6.34. The molecule has 0 heterocycles. The number of amides is 2. The Morgan fingerprint density at radius 3 is 2.56 bits per heavy atom. The highest BCUT2D eigenvalue weighted by Crippen LogP contribution is 2.37. The highest BCUT2D eigenvalue weighted by molar-refractivity contribution is 6.32. The van der Waals surface area contributed by atoms with Crippen LogP contribution in [0, 0.1) is 0 Å². The van der Waals surface area contributed by atoms with Crippen molar-refractivity contribution in [1.82, 2.24) is 0 Å². The molecule has 0 aromatic heterocycles. The molecule has 2 aromatic carbocycles. The Bertz CT molecular complexity index is 824. The van der Waals surface area contributed by atoms with Gasteiger partial charge < -0.3 is 20.5 Å². The maximum absolute atomic E-state index is 12.6. The fraction of sp³-hybridized carbons (Fsp3) is 0.300. The maximum Gasteiger partial charge on any atom is 0.255 e. The second-order valence-corrected chi connectivity index (χ2v) is 6.23. The van der Waals surface area contributed by atoms with E-state index < -0.39 is 5.91 Å². The van der Waals surface area contributed by atoms with E-state index in [2.05, 4.69) is 12.2 Å². The summed E-state index contributed by atoms with van der Waals surface area (Å²) >= 11 is 6.32.